The summed E-state index contributed by atoms with van der Waals surface area (Å²) < 4.78 is 26.5. The van der Waals surface area contributed by atoms with E-state index in [9.17, 15) is 13.2 Å². The first kappa shape index (κ1) is 19.6. The van der Waals surface area contributed by atoms with Crippen molar-refractivity contribution in [2.45, 2.75) is 26.2 Å². The third-order valence-electron chi connectivity index (χ3n) is 5.04. The van der Waals surface area contributed by atoms with Crippen molar-refractivity contribution >= 4 is 15.9 Å². The molecule has 1 aromatic heterocycles. The van der Waals surface area contributed by atoms with E-state index in [1.54, 1.807) is 10.9 Å². The second kappa shape index (κ2) is 8.22. The van der Waals surface area contributed by atoms with Crippen LogP contribution < -0.4 is 5.32 Å². The molecule has 146 valence electrons. The lowest BCUT2D eigenvalue weighted by Gasteiger charge is -2.30. The zero-order valence-electron chi connectivity index (χ0n) is 15.8. The number of sulfonamides is 1. The molecular formula is C19H26N4O3S. The van der Waals surface area contributed by atoms with Crippen LogP contribution in [0, 0.1) is 5.92 Å². The Morgan fingerprint density at radius 1 is 1.22 bits per heavy atom. The Morgan fingerprint density at radius 2 is 1.89 bits per heavy atom. The average molecular weight is 391 g/mol. The van der Waals surface area contributed by atoms with Gasteiger partial charge < -0.3 is 5.32 Å². The van der Waals surface area contributed by atoms with Gasteiger partial charge in [0.1, 0.15) is 0 Å². The standard InChI is InChI=1S/C19H26N4O3S/c1-3-18-17(14-21-23(18)16-7-5-4-6-8-16)19(24)20-13-15-9-11-22(12-10-15)27(2,25)26/h4-8,14-15H,3,9-13H2,1-2H3,(H,20,24). The number of aromatic nitrogens is 2. The molecule has 0 bridgehead atoms. The van der Waals surface area contributed by atoms with Crippen LogP contribution in [0.4, 0.5) is 0 Å². The predicted molar refractivity (Wildman–Crippen MR) is 104 cm³/mol. The van der Waals surface area contributed by atoms with Crippen LogP contribution in [0.1, 0.15) is 35.8 Å². The molecule has 3 rings (SSSR count). The highest BCUT2D eigenvalue weighted by atomic mass is 32.2. The van der Waals surface area contributed by atoms with Gasteiger partial charge in [-0.25, -0.2) is 17.4 Å². The van der Waals surface area contributed by atoms with Crippen LogP contribution in [0.5, 0.6) is 0 Å². The quantitative estimate of drug-likeness (QED) is 0.816. The molecule has 2 heterocycles. The van der Waals surface area contributed by atoms with Crippen LogP contribution in [-0.2, 0) is 16.4 Å². The van der Waals surface area contributed by atoms with Gasteiger partial charge in [-0.3, -0.25) is 4.79 Å². The van der Waals surface area contributed by atoms with Gasteiger partial charge in [-0.05, 0) is 37.3 Å². The lowest BCUT2D eigenvalue weighted by atomic mass is 9.98. The number of piperidine rings is 1. The molecule has 1 aliphatic heterocycles. The number of amides is 1. The van der Waals surface area contributed by atoms with Gasteiger partial charge in [0.15, 0.2) is 0 Å². The van der Waals surface area contributed by atoms with E-state index >= 15 is 0 Å². The largest absolute Gasteiger partial charge is 0.352 e. The van der Waals surface area contributed by atoms with E-state index in [1.807, 2.05) is 37.3 Å². The summed E-state index contributed by atoms with van der Waals surface area (Å²) in [6.07, 6.45) is 5.08. The minimum Gasteiger partial charge on any atom is -0.352 e. The molecule has 0 aliphatic carbocycles. The Balaban J connectivity index is 1.62. The summed E-state index contributed by atoms with van der Waals surface area (Å²) >= 11 is 0. The number of benzene rings is 1. The lowest BCUT2D eigenvalue weighted by Crippen LogP contribution is -2.41. The lowest BCUT2D eigenvalue weighted by molar-refractivity contribution is 0.0940. The summed E-state index contributed by atoms with van der Waals surface area (Å²) in [4.78, 5) is 12.7. The fourth-order valence-corrected chi connectivity index (χ4v) is 4.35. The van der Waals surface area contributed by atoms with Crippen molar-refractivity contribution in [3.63, 3.8) is 0 Å². The summed E-state index contributed by atoms with van der Waals surface area (Å²) in [7, 11) is -3.12. The normalized spacial score (nSPS) is 16.4. The van der Waals surface area contributed by atoms with Crippen molar-refractivity contribution < 1.29 is 13.2 Å². The van der Waals surface area contributed by atoms with Crippen molar-refractivity contribution in [3.8, 4) is 5.69 Å². The second-order valence-electron chi connectivity index (χ2n) is 6.92. The van der Waals surface area contributed by atoms with Gasteiger partial charge in [-0.15, -0.1) is 0 Å². The Hall–Kier alpha value is -2.19. The molecule has 1 saturated heterocycles. The average Bonchev–Trinajstić information content (AvgIpc) is 3.10. The van der Waals surface area contributed by atoms with Crippen molar-refractivity contribution in [2.75, 3.05) is 25.9 Å². The Labute approximate surface area is 160 Å². The van der Waals surface area contributed by atoms with Crippen LogP contribution in [0.3, 0.4) is 0 Å². The van der Waals surface area contributed by atoms with Gasteiger partial charge in [0.2, 0.25) is 10.0 Å². The van der Waals surface area contributed by atoms with E-state index in [0.717, 1.165) is 24.2 Å². The van der Waals surface area contributed by atoms with Gasteiger partial charge in [-0.1, -0.05) is 25.1 Å². The Morgan fingerprint density at radius 3 is 2.48 bits per heavy atom. The fourth-order valence-electron chi connectivity index (χ4n) is 3.47. The van der Waals surface area contributed by atoms with Crippen molar-refractivity contribution in [3.05, 3.63) is 47.8 Å². The first-order valence-electron chi connectivity index (χ1n) is 9.25. The van der Waals surface area contributed by atoms with Gasteiger partial charge in [0, 0.05) is 19.6 Å². The van der Waals surface area contributed by atoms with Gasteiger partial charge in [-0.2, -0.15) is 5.10 Å². The summed E-state index contributed by atoms with van der Waals surface area (Å²) in [5.74, 6) is 0.167. The van der Waals surface area contributed by atoms with Crippen LogP contribution in [0.2, 0.25) is 0 Å². The summed E-state index contributed by atoms with van der Waals surface area (Å²) in [6, 6.07) is 9.76. The molecular weight excluding hydrogens is 364 g/mol. The molecule has 1 amide bonds. The van der Waals surface area contributed by atoms with E-state index in [1.165, 1.54) is 10.6 Å². The maximum absolute atomic E-state index is 12.7. The number of hydrogen-bond acceptors (Lipinski definition) is 4. The zero-order valence-corrected chi connectivity index (χ0v) is 16.6. The third-order valence-corrected chi connectivity index (χ3v) is 6.35. The van der Waals surface area contributed by atoms with Crippen LogP contribution >= 0.6 is 0 Å². The number of rotatable bonds is 6. The molecule has 0 atom stereocenters. The highest BCUT2D eigenvalue weighted by molar-refractivity contribution is 7.88. The molecule has 2 aromatic rings. The molecule has 7 nitrogen and oxygen atoms in total. The molecule has 1 N–H and O–H groups in total. The van der Waals surface area contributed by atoms with Gasteiger partial charge in [0.05, 0.1) is 29.4 Å². The molecule has 8 heteroatoms. The Kier molecular flexibility index (Phi) is 5.96. The maximum Gasteiger partial charge on any atom is 0.254 e. The van der Waals surface area contributed by atoms with E-state index < -0.39 is 10.0 Å². The number of hydrogen-bond donors (Lipinski definition) is 1. The SMILES string of the molecule is CCc1c(C(=O)NCC2CCN(S(C)(=O)=O)CC2)cnn1-c1ccccc1. The third kappa shape index (κ3) is 4.56. The molecule has 0 spiro atoms. The van der Waals surface area contributed by atoms with Crippen LogP contribution in [0.15, 0.2) is 36.5 Å². The predicted octanol–water partition coefficient (Wildman–Crippen LogP) is 1.84. The summed E-state index contributed by atoms with van der Waals surface area (Å²) in [6.45, 7) is 3.60. The molecule has 0 radical (unpaired) electrons. The van der Waals surface area contributed by atoms with Crippen molar-refractivity contribution in [1.82, 2.24) is 19.4 Å². The topological polar surface area (TPSA) is 84.3 Å². The molecule has 0 saturated carbocycles. The molecule has 27 heavy (non-hydrogen) atoms. The summed E-state index contributed by atoms with van der Waals surface area (Å²) in [5, 5.41) is 7.39. The molecule has 1 aromatic carbocycles. The number of nitrogens with one attached hydrogen (secondary N) is 1. The van der Waals surface area contributed by atoms with Crippen LogP contribution in [-0.4, -0.2) is 54.3 Å². The van der Waals surface area contributed by atoms with Crippen LogP contribution in [0.25, 0.3) is 5.69 Å². The number of carbonyl (C=O) groups excluding carboxylic acids is 1. The molecule has 0 unspecified atom stereocenters. The van der Waals surface area contributed by atoms with E-state index in [0.29, 0.717) is 37.5 Å². The van der Waals surface area contributed by atoms with E-state index in [-0.39, 0.29) is 5.91 Å². The fraction of sp³-hybridized carbons (Fsp3) is 0.474. The number of nitrogens with zero attached hydrogens (tertiary/aromatic N) is 3. The smallest absolute Gasteiger partial charge is 0.254 e. The van der Waals surface area contributed by atoms with Gasteiger partial charge in [0.25, 0.3) is 5.91 Å². The first-order valence-corrected chi connectivity index (χ1v) is 11.1. The molecule has 1 fully saturated rings. The zero-order chi connectivity index (χ0) is 19.4. The first-order chi connectivity index (χ1) is 12.9. The maximum atomic E-state index is 12.7. The monoisotopic (exact) mass is 390 g/mol. The highest BCUT2D eigenvalue weighted by Gasteiger charge is 2.25. The minimum absolute atomic E-state index is 0.125. The second-order valence-corrected chi connectivity index (χ2v) is 8.90. The van der Waals surface area contributed by atoms with E-state index in [4.69, 9.17) is 0 Å². The Bertz CT molecular complexity index is 885. The van der Waals surface area contributed by atoms with Crippen molar-refractivity contribution in [1.29, 1.82) is 0 Å². The number of para-hydroxylation sites is 1. The highest BCUT2D eigenvalue weighted by Crippen LogP contribution is 2.19. The van der Waals surface area contributed by atoms with Gasteiger partial charge >= 0.3 is 0 Å². The molecule has 1 aliphatic rings. The van der Waals surface area contributed by atoms with E-state index in [2.05, 4.69) is 10.4 Å². The van der Waals surface area contributed by atoms with Crippen molar-refractivity contribution in [2.24, 2.45) is 5.92 Å². The minimum atomic E-state index is -3.12. The number of carbonyl (C=O) groups is 1. The summed E-state index contributed by atoms with van der Waals surface area (Å²) in [5.41, 5.74) is 2.40.